The minimum absolute atomic E-state index is 0.188. The lowest BCUT2D eigenvalue weighted by Gasteiger charge is -2.47. The Kier molecular flexibility index (Phi) is 3.75. The van der Waals surface area contributed by atoms with Gasteiger partial charge in [-0.1, -0.05) is 37.3 Å². The Balaban J connectivity index is 2.09. The molecule has 0 radical (unpaired) electrons. The van der Waals surface area contributed by atoms with E-state index < -0.39 is 17.9 Å². The van der Waals surface area contributed by atoms with Gasteiger partial charge < -0.3 is 0 Å². The van der Waals surface area contributed by atoms with E-state index in [0.717, 1.165) is 0 Å². The SMILES string of the molecule is CC(C)CC1(C(F)(F)F)ON(C(=O)c2ccccc2)O1. The Morgan fingerprint density at radius 1 is 1.25 bits per heavy atom. The van der Waals surface area contributed by atoms with Gasteiger partial charge in [-0.25, -0.2) is 0 Å². The van der Waals surface area contributed by atoms with Gasteiger partial charge in [0.05, 0.1) is 0 Å². The normalized spacial score (nSPS) is 18.0. The Morgan fingerprint density at radius 3 is 2.25 bits per heavy atom. The zero-order chi connectivity index (χ0) is 15.0. The number of benzene rings is 1. The van der Waals surface area contributed by atoms with E-state index in [4.69, 9.17) is 0 Å². The number of carbonyl (C=O) groups excluding carboxylic acids is 1. The fourth-order valence-corrected chi connectivity index (χ4v) is 1.87. The molecule has 1 amide bonds. The summed E-state index contributed by atoms with van der Waals surface area (Å²) in [6.45, 7) is 3.23. The summed E-state index contributed by atoms with van der Waals surface area (Å²) in [7, 11) is 0. The first-order valence-electron chi connectivity index (χ1n) is 6.10. The maximum Gasteiger partial charge on any atom is 0.448 e. The van der Waals surface area contributed by atoms with Gasteiger partial charge in [0.25, 0.3) is 0 Å². The van der Waals surface area contributed by atoms with Crippen molar-refractivity contribution in [3.8, 4) is 0 Å². The second-order valence-corrected chi connectivity index (χ2v) is 4.96. The minimum Gasteiger partial charge on any atom is -0.264 e. The van der Waals surface area contributed by atoms with Crippen molar-refractivity contribution in [1.82, 2.24) is 5.23 Å². The van der Waals surface area contributed by atoms with Crippen LogP contribution >= 0.6 is 0 Å². The summed E-state index contributed by atoms with van der Waals surface area (Å²) in [5.41, 5.74) is 0.188. The van der Waals surface area contributed by atoms with Gasteiger partial charge in [0, 0.05) is 12.0 Å². The lowest BCUT2D eigenvalue weighted by atomic mass is 10.0. The van der Waals surface area contributed by atoms with Crippen molar-refractivity contribution in [2.75, 3.05) is 0 Å². The molecule has 1 aromatic rings. The Labute approximate surface area is 114 Å². The number of halogens is 3. The molecule has 1 fully saturated rings. The first-order chi connectivity index (χ1) is 9.25. The summed E-state index contributed by atoms with van der Waals surface area (Å²) in [5.74, 6) is -3.80. The molecule has 4 nitrogen and oxygen atoms in total. The standard InChI is InChI=1S/C13H14F3NO3/c1-9(2)8-12(13(14,15)16)19-17(20-12)11(18)10-6-4-3-5-7-10/h3-7,9H,8H2,1-2H3. The Morgan fingerprint density at radius 2 is 1.80 bits per heavy atom. The third-order valence-corrected chi connectivity index (χ3v) is 2.76. The highest BCUT2D eigenvalue weighted by atomic mass is 19.4. The summed E-state index contributed by atoms with van der Waals surface area (Å²) >= 11 is 0. The van der Waals surface area contributed by atoms with Crippen LogP contribution in [-0.2, 0) is 9.68 Å². The molecular formula is C13H14F3NO3. The minimum atomic E-state index is -4.70. The van der Waals surface area contributed by atoms with Crippen LogP contribution in [0.4, 0.5) is 13.2 Å². The molecule has 0 aliphatic carbocycles. The Hall–Kier alpha value is -1.60. The van der Waals surface area contributed by atoms with Crippen LogP contribution in [0.5, 0.6) is 0 Å². The van der Waals surface area contributed by atoms with Crippen LogP contribution in [0.3, 0.4) is 0 Å². The van der Waals surface area contributed by atoms with Crippen molar-refractivity contribution in [2.24, 2.45) is 5.92 Å². The van der Waals surface area contributed by atoms with E-state index in [0.29, 0.717) is 0 Å². The second-order valence-electron chi connectivity index (χ2n) is 4.96. The average Bonchev–Trinajstić information content (AvgIpc) is 2.31. The van der Waals surface area contributed by atoms with Gasteiger partial charge in [-0.2, -0.15) is 22.8 Å². The number of carbonyl (C=O) groups is 1. The van der Waals surface area contributed by atoms with Crippen LogP contribution in [0, 0.1) is 5.92 Å². The van der Waals surface area contributed by atoms with E-state index in [9.17, 15) is 18.0 Å². The molecule has 0 aromatic heterocycles. The Bertz CT molecular complexity index is 481. The van der Waals surface area contributed by atoms with Crippen molar-refractivity contribution in [1.29, 1.82) is 0 Å². The number of hydrogen-bond donors (Lipinski definition) is 0. The number of rotatable bonds is 3. The van der Waals surface area contributed by atoms with E-state index in [-0.39, 0.29) is 23.1 Å². The van der Waals surface area contributed by atoms with Crippen molar-refractivity contribution >= 4 is 5.91 Å². The van der Waals surface area contributed by atoms with E-state index >= 15 is 0 Å². The quantitative estimate of drug-likeness (QED) is 0.857. The first kappa shape index (κ1) is 14.8. The van der Waals surface area contributed by atoms with Crippen molar-refractivity contribution in [2.45, 2.75) is 32.2 Å². The predicted octanol–water partition coefficient (Wildman–Crippen LogP) is 3.31. The molecule has 1 aliphatic heterocycles. The van der Waals surface area contributed by atoms with Gasteiger partial charge in [0.15, 0.2) is 0 Å². The van der Waals surface area contributed by atoms with Gasteiger partial charge in [0.1, 0.15) is 0 Å². The number of hydrogen-bond acceptors (Lipinski definition) is 3. The summed E-state index contributed by atoms with van der Waals surface area (Å²) in [4.78, 5) is 21.1. The lowest BCUT2D eigenvalue weighted by molar-refractivity contribution is -0.633. The van der Waals surface area contributed by atoms with Crippen LogP contribution in [0.25, 0.3) is 0 Å². The van der Waals surface area contributed by atoms with E-state index in [2.05, 4.69) is 9.68 Å². The van der Waals surface area contributed by atoms with Crippen molar-refractivity contribution in [3.63, 3.8) is 0 Å². The maximum absolute atomic E-state index is 13.0. The van der Waals surface area contributed by atoms with Gasteiger partial charge in [0.2, 0.25) is 0 Å². The van der Waals surface area contributed by atoms with Gasteiger partial charge in [-0.3, -0.25) is 4.79 Å². The summed E-state index contributed by atoms with van der Waals surface area (Å²) in [5, 5.41) is 0.283. The molecule has 0 atom stereocenters. The maximum atomic E-state index is 13.0. The molecule has 7 heteroatoms. The zero-order valence-corrected chi connectivity index (χ0v) is 11.0. The molecule has 0 unspecified atom stereocenters. The average molecular weight is 289 g/mol. The molecule has 0 N–H and O–H groups in total. The van der Waals surface area contributed by atoms with Crippen LogP contribution in [-0.4, -0.2) is 23.1 Å². The van der Waals surface area contributed by atoms with E-state index in [1.807, 2.05) is 0 Å². The number of hydroxylamine groups is 2. The molecule has 110 valence electrons. The molecule has 1 aromatic carbocycles. The molecule has 0 spiro atoms. The van der Waals surface area contributed by atoms with E-state index in [1.54, 1.807) is 32.0 Å². The number of alkyl halides is 3. The summed E-state index contributed by atoms with van der Waals surface area (Å²) in [6, 6.07) is 7.81. The smallest absolute Gasteiger partial charge is 0.264 e. The highest BCUT2D eigenvalue weighted by molar-refractivity contribution is 5.93. The lowest BCUT2D eigenvalue weighted by Crippen LogP contribution is -2.66. The molecule has 0 bridgehead atoms. The topological polar surface area (TPSA) is 38.8 Å². The first-order valence-corrected chi connectivity index (χ1v) is 6.10. The van der Waals surface area contributed by atoms with Gasteiger partial charge >= 0.3 is 17.9 Å². The van der Waals surface area contributed by atoms with Crippen LogP contribution in [0.1, 0.15) is 30.6 Å². The molecule has 2 rings (SSSR count). The molecule has 1 saturated heterocycles. The molecule has 1 aliphatic rings. The van der Waals surface area contributed by atoms with Crippen LogP contribution < -0.4 is 0 Å². The zero-order valence-electron chi connectivity index (χ0n) is 11.0. The third kappa shape index (κ3) is 2.64. The monoisotopic (exact) mass is 289 g/mol. The van der Waals surface area contributed by atoms with Crippen molar-refractivity contribution in [3.05, 3.63) is 35.9 Å². The fourth-order valence-electron chi connectivity index (χ4n) is 1.87. The summed E-state index contributed by atoms with van der Waals surface area (Å²) < 4.78 is 38.9. The molecular weight excluding hydrogens is 275 g/mol. The van der Waals surface area contributed by atoms with Crippen LogP contribution in [0.2, 0.25) is 0 Å². The third-order valence-electron chi connectivity index (χ3n) is 2.76. The van der Waals surface area contributed by atoms with E-state index in [1.165, 1.54) is 12.1 Å². The van der Waals surface area contributed by atoms with Crippen LogP contribution in [0.15, 0.2) is 30.3 Å². The predicted molar refractivity (Wildman–Crippen MR) is 63.0 cm³/mol. The second kappa shape index (κ2) is 5.06. The molecule has 1 heterocycles. The molecule has 20 heavy (non-hydrogen) atoms. The number of nitrogens with zero attached hydrogens (tertiary/aromatic N) is 1. The number of amides is 1. The highest BCUT2D eigenvalue weighted by Gasteiger charge is 2.68. The largest absolute Gasteiger partial charge is 0.448 e. The van der Waals surface area contributed by atoms with Crippen molar-refractivity contribution < 1.29 is 27.6 Å². The summed E-state index contributed by atoms with van der Waals surface area (Å²) in [6.07, 6.45) is -5.08. The van der Waals surface area contributed by atoms with Gasteiger partial charge in [-0.05, 0) is 18.1 Å². The fraction of sp³-hybridized carbons (Fsp3) is 0.462. The molecule has 0 saturated carbocycles. The highest BCUT2D eigenvalue weighted by Crippen LogP contribution is 2.46. The van der Waals surface area contributed by atoms with Gasteiger partial charge in [-0.15, -0.1) is 0 Å².